The molecule has 9 nitrogen and oxygen atoms in total. The van der Waals surface area contributed by atoms with E-state index in [-0.39, 0.29) is 23.7 Å². The molecule has 1 aromatic heterocycles. The molecule has 5 rings (SSSR count). The Labute approximate surface area is 219 Å². The van der Waals surface area contributed by atoms with Crippen LogP contribution in [0.2, 0.25) is 0 Å². The fourth-order valence-electron chi connectivity index (χ4n) is 5.40. The number of morpholine rings is 1. The maximum absolute atomic E-state index is 13.4. The summed E-state index contributed by atoms with van der Waals surface area (Å²) < 4.78 is 39.3. The summed E-state index contributed by atoms with van der Waals surface area (Å²) in [4.78, 5) is 15.1. The lowest BCUT2D eigenvalue weighted by Gasteiger charge is -2.39. The molecule has 2 aliphatic heterocycles. The number of carbonyl (C=O) groups excluding carboxylic acids is 1. The maximum atomic E-state index is 13.4. The molecule has 3 heterocycles. The summed E-state index contributed by atoms with van der Waals surface area (Å²) in [6, 6.07) is 11.6. The lowest BCUT2D eigenvalue weighted by atomic mass is 9.94. The fraction of sp³-hybridized carbons (Fsp3) is 0.630. The van der Waals surface area contributed by atoms with Crippen molar-refractivity contribution in [2.24, 2.45) is 0 Å². The quantitative estimate of drug-likeness (QED) is 0.476. The van der Waals surface area contributed by atoms with Crippen molar-refractivity contribution in [3.05, 3.63) is 53.4 Å². The predicted octanol–water partition coefficient (Wildman–Crippen LogP) is 2.80. The Morgan fingerprint density at radius 1 is 1.08 bits per heavy atom. The predicted molar refractivity (Wildman–Crippen MR) is 140 cm³/mol. The number of aryl methyl sites for hydroxylation is 1. The summed E-state index contributed by atoms with van der Waals surface area (Å²) in [6.45, 7) is 4.32. The molecular weight excluding hydrogens is 492 g/mol. The smallest absolute Gasteiger partial charge is 0.273 e. The average Bonchev–Trinajstić information content (AvgIpc) is 3.64. The van der Waals surface area contributed by atoms with Gasteiger partial charge in [-0.15, -0.1) is 0 Å². The Morgan fingerprint density at radius 2 is 1.86 bits per heavy atom. The van der Waals surface area contributed by atoms with E-state index in [1.54, 1.807) is 10.4 Å². The second kappa shape index (κ2) is 12.1. The Bertz CT molecular complexity index is 1130. The van der Waals surface area contributed by atoms with Crippen molar-refractivity contribution in [2.45, 2.75) is 62.9 Å². The standard InChI is InChI=1S/C27H38N4O5S/c32-27(25-20-26(36-29-25)22-8-9-22)28-23-11-13-31(24(19-23)10-7-21-5-2-1-3-6-21)37(33,34)18-4-12-30-14-16-35-17-15-30/h1-3,5-6,20,22-24H,4,7-19H2,(H,28,32)/t23-,24+/m0/s1. The Balaban J connectivity index is 1.20. The van der Waals surface area contributed by atoms with E-state index in [2.05, 4.69) is 27.5 Å². The first-order valence-electron chi connectivity index (χ1n) is 13.6. The molecule has 202 valence electrons. The highest BCUT2D eigenvalue weighted by atomic mass is 32.2. The summed E-state index contributed by atoms with van der Waals surface area (Å²) in [6.07, 6.45) is 5.46. The van der Waals surface area contributed by atoms with Gasteiger partial charge in [0.1, 0.15) is 5.76 Å². The summed E-state index contributed by atoms with van der Waals surface area (Å²) in [5, 5.41) is 7.05. The molecule has 2 saturated heterocycles. The number of amides is 1. The zero-order valence-corrected chi connectivity index (χ0v) is 22.2. The van der Waals surface area contributed by atoms with Crippen LogP contribution in [0.4, 0.5) is 0 Å². The van der Waals surface area contributed by atoms with Gasteiger partial charge in [0.05, 0.1) is 19.0 Å². The third kappa shape index (κ3) is 7.19. The van der Waals surface area contributed by atoms with Gasteiger partial charge in [0.15, 0.2) is 5.69 Å². The number of sulfonamides is 1. The molecule has 1 amide bonds. The summed E-state index contributed by atoms with van der Waals surface area (Å²) >= 11 is 0. The first kappa shape index (κ1) is 26.3. The van der Waals surface area contributed by atoms with Crippen LogP contribution in [-0.2, 0) is 21.2 Å². The average molecular weight is 531 g/mol. The van der Waals surface area contributed by atoms with E-state index >= 15 is 0 Å². The third-order valence-electron chi connectivity index (χ3n) is 7.68. The van der Waals surface area contributed by atoms with E-state index in [9.17, 15) is 13.2 Å². The first-order valence-corrected chi connectivity index (χ1v) is 15.2. The number of piperidine rings is 1. The van der Waals surface area contributed by atoms with Gasteiger partial charge in [0.2, 0.25) is 10.0 Å². The molecule has 3 aliphatic rings. The number of ether oxygens (including phenoxy) is 1. The Morgan fingerprint density at radius 3 is 2.62 bits per heavy atom. The zero-order chi connectivity index (χ0) is 25.7. The minimum absolute atomic E-state index is 0.103. The van der Waals surface area contributed by atoms with Crippen LogP contribution in [0.3, 0.4) is 0 Å². The topological polar surface area (TPSA) is 105 Å². The van der Waals surface area contributed by atoms with Crippen molar-refractivity contribution >= 4 is 15.9 Å². The molecule has 1 saturated carbocycles. The highest BCUT2D eigenvalue weighted by Crippen LogP contribution is 2.40. The number of hydrogen-bond donors (Lipinski definition) is 1. The van der Waals surface area contributed by atoms with Crippen molar-refractivity contribution < 1.29 is 22.5 Å². The highest BCUT2D eigenvalue weighted by molar-refractivity contribution is 7.89. The van der Waals surface area contributed by atoms with Gasteiger partial charge in [-0.1, -0.05) is 35.5 Å². The second-order valence-corrected chi connectivity index (χ2v) is 12.5. The summed E-state index contributed by atoms with van der Waals surface area (Å²) in [7, 11) is -3.41. The van der Waals surface area contributed by atoms with Gasteiger partial charge in [0.25, 0.3) is 5.91 Å². The van der Waals surface area contributed by atoms with E-state index < -0.39 is 10.0 Å². The minimum atomic E-state index is -3.41. The zero-order valence-electron chi connectivity index (χ0n) is 21.4. The maximum Gasteiger partial charge on any atom is 0.273 e. The van der Waals surface area contributed by atoms with E-state index in [4.69, 9.17) is 9.26 Å². The first-order chi connectivity index (χ1) is 18.0. The van der Waals surface area contributed by atoms with Crippen LogP contribution < -0.4 is 5.32 Å². The molecule has 10 heteroatoms. The van der Waals surface area contributed by atoms with Crippen LogP contribution in [0, 0.1) is 0 Å². The number of nitrogens with zero attached hydrogens (tertiary/aromatic N) is 3. The molecule has 2 aromatic rings. The van der Waals surface area contributed by atoms with Crippen molar-refractivity contribution in [2.75, 3.05) is 45.1 Å². The van der Waals surface area contributed by atoms with Crippen LogP contribution in [-0.4, -0.2) is 85.9 Å². The molecule has 0 bridgehead atoms. The Kier molecular flexibility index (Phi) is 8.59. The van der Waals surface area contributed by atoms with Crippen LogP contribution in [0.15, 0.2) is 40.9 Å². The largest absolute Gasteiger partial charge is 0.379 e. The van der Waals surface area contributed by atoms with Crippen molar-refractivity contribution in [3.63, 3.8) is 0 Å². The molecule has 1 N–H and O–H groups in total. The van der Waals surface area contributed by atoms with Crippen LogP contribution >= 0.6 is 0 Å². The number of carbonyl (C=O) groups is 1. The van der Waals surface area contributed by atoms with Gasteiger partial charge in [-0.25, -0.2) is 8.42 Å². The van der Waals surface area contributed by atoms with Crippen LogP contribution in [0.25, 0.3) is 0 Å². The number of aromatic nitrogens is 1. The summed E-state index contributed by atoms with van der Waals surface area (Å²) in [5.41, 5.74) is 1.49. The monoisotopic (exact) mass is 530 g/mol. The number of rotatable bonds is 11. The molecule has 2 atom stereocenters. The van der Waals surface area contributed by atoms with Gasteiger partial charge >= 0.3 is 0 Å². The van der Waals surface area contributed by atoms with E-state index in [0.717, 1.165) is 51.1 Å². The SMILES string of the molecule is O=C(N[C@H]1CCN(S(=O)(=O)CCCN2CCOCC2)[C@H](CCc2ccccc2)C1)c1cc(C2CC2)on1. The molecule has 0 radical (unpaired) electrons. The fourth-order valence-corrected chi connectivity index (χ4v) is 7.15. The number of benzene rings is 1. The normalized spacial score (nSPS) is 23.7. The van der Waals surface area contributed by atoms with Gasteiger partial charge in [-0.3, -0.25) is 9.69 Å². The highest BCUT2D eigenvalue weighted by Gasteiger charge is 2.36. The number of nitrogens with one attached hydrogen (secondary N) is 1. The second-order valence-electron chi connectivity index (χ2n) is 10.5. The van der Waals surface area contributed by atoms with E-state index in [1.165, 1.54) is 5.56 Å². The summed E-state index contributed by atoms with van der Waals surface area (Å²) in [5.74, 6) is 1.08. The van der Waals surface area contributed by atoms with Crippen molar-refractivity contribution in [1.29, 1.82) is 0 Å². The van der Waals surface area contributed by atoms with Crippen molar-refractivity contribution in [1.82, 2.24) is 19.7 Å². The van der Waals surface area contributed by atoms with Gasteiger partial charge in [-0.05, 0) is 57.1 Å². The van der Waals surface area contributed by atoms with Crippen LogP contribution in [0.1, 0.15) is 66.3 Å². The van der Waals surface area contributed by atoms with Crippen molar-refractivity contribution in [3.8, 4) is 0 Å². The lowest BCUT2D eigenvalue weighted by Crippen LogP contribution is -2.52. The van der Waals surface area contributed by atoms with Gasteiger partial charge < -0.3 is 14.6 Å². The molecule has 0 unspecified atom stereocenters. The molecule has 37 heavy (non-hydrogen) atoms. The van der Waals surface area contributed by atoms with Gasteiger partial charge in [-0.2, -0.15) is 4.31 Å². The molecule has 1 aliphatic carbocycles. The van der Waals surface area contributed by atoms with E-state index in [1.807, 2.05) is 18.2 Å². The minimum Gasteiger partial charge on any atom is -0.379 e. The van der Waals surface area contributed by atoms with E-state index in [0.29, 0.717) is 50.6 Å². The van der Waals surface area contributed by atoms with Gasteiger partial charge in [0, 0.05) is 43.7 Å². The molecule has 1 aromatic carbocycles. The molecule has 3 fully saturated rings. The third-order valence-corrected chi connectivity index (χ3v) is 9.68. The number of hydrogen-bond acceptors (Lipinski definition) is 7. The molecular formula is C27H38N4O5S. The lowest BCUT2D eigenvalue weighted by molar-refractivity contribution is 0.0380. The van der Waals surface area contributed by atoms with Crippen LogP contribution in [0.5, 0.6) is 0 Å². The Hall–Kier alpha value is -2.27. The molecule has 0 spiro atoms.